The van der Waals surface area contributed by atoms with Gasteiger partial charge in [0.05, 0.1) is 0 Å². The Labute approximate surface area is 97.4 Å². The van der Waals surface area contributed by atoms with Crippen molar-refractivity contribution < 1.29 is 15.2 Å². The van der Waals surface area contributed by atoms with E-state index >= 15 is 0 Å². The van der Waals surface area contributed by atoms with Crippen LogP contribution in [0.2, 0.25) is 0 Å². The highest BCUT2D eigenvalue weighted by Gasteiger charge is 2.02. The van der Waals surface area contributed by atoms with Crippen LogP contribution in [0.1, 0.15) is 6.92 Å². The zero-order valence-corrected chi connectivity index (χ0v) is 9.30. The molecule has 0 aliphatic carbocycles. The summed E-state index contributed by atoms with van der Waals surface area (Å²) < 4.78 is 0. The second kappa shape index (κ2) is 5.52. The molecule has 0 aliphatic rings. The van der Waals surface area contributed by atoms with Crippen molar-refractivity contribution in [1.29, 1.82) is 0 Å². The number of anilines is 1. The molecule has 1 atom stereocenters. The van der Waals surface area contributed by atoms with E-state index < -0.39 is 5.23 Å². The topological polar surface area (TPSA) is 88.9 Å². The summed E-state index contributed by atoms with van der Waals surface area (Å²) in [7, 11) is 0. The van der Waals surface area contributed by atoms with Crippen LogP contribution in [-0.2, 0) is 4.79 Å². The molecule has 6 nitrogen and oxygen atoms in total. The van der Waals surface area contributed by atoms with Gasteiger partial charge in [-0.25, -0.2) is 5.21 Å². The highest BCUT2D eigenvalue weighted by molar-refractivity contribution is 7.80. The van der Waals surface area contributed by atoms with Crippen LogP contribution in [0, 0.1) is 5.21 Å². The van der Waals surface area contributed by atoms with Crippen LogP contribution in [0.4, 0.5) is 11.4 Å². The Morgan fingerprint density at radius 2 is 2.00 bits per heavy atom. The number of rotatable bonds is 2. The maximum Gasteiger partial charge on any atom is 0.222 e. The fourth-order valence-electron chi connectivity index (χ4n) is 1.02. The van der Waals surface area contributed by atoms with Gasteiger partial charge in [0.1, 0.15) is 0 Å². The van der Waals surface area contributed by atoms with Crippen molar-refractivity contribution in [2.45, 2.75) is 6.92 Å². The normalized spacial score (nSPS) is 11.7. The third-order valence-electron chi connectivity index (χ3n) is 1.68. The SMILES string of the molecule is CC(=O)NC(=S)Nc1ccc([NH+]([O-])O)cc1. The predicted octanol–water partition coefficient (Wildman–Crippen LogP) is -0.0771. The number of hydrogen-bond acceptors (Lipinski definition) is 4. The molecular weight excluding hydrogens is 230 g/mol. The van der Waals surface area contributed by atoms with Gasteiger partial charge >= 0.3 is 0 Å². The highest BCUT2D eigenvalue weighted by Crippen LogP contribution is 2.09. The van der Waals surface area contributed by atoms with E-state index in [1.165, 1.54) is 19.1 Å². The number of quaternary nitrogens is 1. The standard InChI is InChI=1S/C9H11N3O3S/c1-6(13)10-9(16)11-7-2-4-8(5-3-7)12(14)15/h2-5,12,14H,1H3,(H2,10,11,13,16). The number of carbonyl (C=O) groups excluding carboxylic acids is 1. The van der Waals surface area contributed by atoms with Crippen molar-refractivity contribution in [2.24, 2.45) is 0 Å². The number of carbonyl (C=O) groups is 1. The van der Waals surface area contributed by atoms with E-state index in [0.717, 1.165) is 0 Å². The summed E-state index contributed by atoms with van der Waals surface area (Å²) >= 11 is 4.84. The van der Waals surface area contributed by atoms with Crippen molar-refractivity contribution in [3.8, 4) is 0 Å². The van der Waals surface area contributed by atoms with E-state index in [2.05, 4.69) is 10.6 Å². The zero-order chi connectivity index (χ0) is 12.1. The van der Waals surface area contributed by atoms with Gasteiger partial charge < -0.3 is 15.8 Å². The van der Waals surface area contributed by atoms with Crippen molar-refractivity contribution >= 4 is 34.6 Å². The minimum atomic E-state index is -0.990. The van der Waals surface area contributed by atoms with E-state index in [1.807, 2.05) is 0 Å². The molecule has 0 saturated carbocycles. The average Bonchev–Trinajstić information content (AvgIpc) is 2.16. The van der Waals surface area contributed by atoms with E-state index in [1.54, 1.807) is 12.1 Å². The third kappa shape index (κ3) is 3.91. The van der Waals surface area contributed by atoms with Gasteiger partial charge in [0.25, 0.3) is 0 Å². The number of nitrogens with one attached hydrogen (secondary N) is 3. The van der Waals surface area contributed by atoms with Crippen LogP contribution < -0.4 is 15.9 Å². The summed E-state index contributed by atoms with van der Waals surface area (Å²) in [6.45, 7) is 1.35. The van der Waals surface area contributed by atoms with E-state index in [-0.39, 0.29) is 16.7 Å². The third-order valence-corrected chi connectivity index (χ3v) is 1.88. The minimum absolute atomic E-state index is 0.176. The molecular formula is C9H11N3O3S. The average molecular weight is 241 g/mol. The molecule has 0 heterocycles. The van der Waals surface area contributed by atoms with E-state index in [9.17, 15) is 10.0 Å². The monoisotopic (exact) mass is 241 g/mol. The Balaban J connectivity index is 2.62. The van der Waals surface area contributed by atoms with Crippen molar-refractivity contribution in [2.75, 3.05) is 5.32 Å². The summed E-state index contributed by atoms with van der Waals surface area (Å²) in [6, 6.07) is 6.03. The van der Waals surface area contributed by atoms with Crippen molar-refractivity contribution in [3.05, 3.63) is 29.5 Å². The Hall–Kier alpha value is -1.54. The molecule has 1 aromatic carbocycles. The number of hydrogen-bond donors (Lipinski definition) is 4. The first-order valence-electron chi connectivity index (χ1n) is 4.41. The summed E-state index contributed by atoms with van der Waals surface area (Å²) in [5.41, 5.74) is 0.805. The maximum atomic E-state index is 10.7. The lowest BCUT2D eigenvalue weighted by Gasteiger charge is -2.12. The van der Waals surface area contributed by atoms with Gasteiger partial charge in [-0.2, -0.15) is 5.23 Å². The molecule has 1 aromatic rings. The molecule has 4 N–H and O–H groups in total. The number of thiocarbonyl (C=S) groups is 1. The molecule has 0 saturated heterocycles. The number of benzene rings is 1. The van der Waals surface area contributed by atoms with Crippen molar-refractivity contribution in [3.63, 3.8) is 0 Å². The fourth-order valence-corrected chi connectivity index (χ4v) is 1.28. The molecule has 0 fully saturated rings. The van der Waals surface area contributed by atoms with E-state index in [4.69, 9.17) is 17.4 Å². The molecule has 7 heteroatoms. The summed E-state index contributed by atoms with van der Waals surface area (Å²) in [5, 5.41) is 23.6. The first-order valence-corrected chi connectivity index (χ1v) is 4.82. The lowest BCUT2D eigenvalue weighted by atomic mass is 10.3. The molecule has 86 valence electrons. The van der Waals surface area contributed by atoms with Crippen LogP contribution in [0.15, 0.2) is 24.3 Å². The van der Waals surface area contributed by atoms with Gasteiger partial charge in [0.2, 0.25) is 5.91 Å². The summed E-state index contributed by atoms with van der Waals surface area (Å²) in [6.07, 6.45) is 0. The Kier molecular flexibility index (Phi) is 4.32. The van der Waals surface area contributed by atoms with Crippen LogP contribution >= 0.6 is 12.2 Å². The van der Waals surface area contributed by atoms with Gasteiger partial charge in [-0.15, -0.1) is 0 Å². The molecule has 0 aliphatic heterocycles. The van der Waals surface area contributed by atoms with Crippen LogP contribution in [0.5, 0.6) is 0 Å². The second-order valence-corrected chi connectivity index (χ2v) is 3.43. The van der Waals surface area contributed by atoms with Gasteiger partial charge in [0, 0.05) is 24.7 Å². The lowest BCUT2D eigenvalue weighted by Crippen LogP contribution is -2.99. The Morgan fingerprint density at radius 3 is 2.44 bits per heavy atom. The molecule has 0 bridgehead atoms. The lowest BCUT2D eigenvalue weighted by molar-refractivity contribution is -0.991. The fraction of sp³-hybridized carbons (Fsp3) is 0.111. The minimum Gasteiger partial charge on any atom is -0.595 e. The summed E-state index contributed by atoms with van der Waals surface area (Å²) in [4.78, 5) is 10.7. The van der Waals surface area contributed by atoms with Gasteiger partial charge in [0.15, 0.2) is 10.8 Å². The number of amides is 1. The van der Waals surface area contributed by atoms with Gasteiger partial charge in [-0.1, -0.05) is 0 Å². The Morgan fingerprint density at radius 1 is 1.44 bits per heavy atom. The van der Waals surface area contributed by atoms with Crippen LogP contribution in [0.3, 0.4) is 0 Å². The molecule has 1 unspecified atom stereocenters. The molecule has 16 heavy (non-hydrogen) atoms. The summed E-state index contributed by atoms with van der Waals surface area (Å²) in [5.74, 6) is -0.264. The van der Waals surface area contributed by atoms with Crippen LogP contribution in [-0.4, -0.2) is 16.2 Å². The molecule has 0 aromatic heterocycles. The first-order chi connectivity index (χ1) is 7.49. The van der Waals surface area contributed by atoms with Gasteiger partial charge in [-0.05, 0) is 24.4 Å². The first kappa shape index (κ1) is 12.5. The predicted molar refractivity (Wildman–Crippen MR) is 62.3 cm³/mol. The largest absolute Gasteiger partial charge is 0.595 e. The van der Waals surface area contributed by atoms with E-state index in [0.29, 0.717) is 5.69 Å². The quantitative estimate of drug-likeness (QED) is 0.430. The molecule has 0 radical (unpaired) electrons. The second-order valence-electron chi connectivity index (χ2n) is 3.02. The smallest absolute Gasteiger partial charge is 0.222 e. The molecule has 1 amide bonds. The van der Waals surface area contributed by atoms with Crippen molar-refractivity contribution in [1.82, 2.24) is 5.32 Å². The highest BCUT2D eigenvalue weighted by atomic mass is 32.1. The van der Waals surface area contributed by atoms with Crippen LogP contribution in [0.25, 0.3) is 0 Å². The molecule has 0 spiro atoms. The zero-order valence-electron chi connectivity index (χ0n) is 8.48. The molecule has 1 rings (SSSR count). The maximum absolute atomic E-state index is 10.7. The Bertz CT molecular complexity index is 391. The van der Waals surface area contributed by atoms with Gasteiger partial charge in [-0.3, -0.25) is 4.79 Å².